The van der Waals surface area contributed by atoms with Crippen molar-refractivity contribution in [3.8, 4) is 0 Å². The van der Waals surface area contributed by atoms with Crippen molar-refractivity contribution in [3.63, 3.8) is 0 Å². The Labute approximate surface area is 105 Å². The third-order valence-corrected chi connectivity index (χ3v) is 2.76. The number of rotatable bonds is 4. The molecule has 3 rings (SSSR count). The molecule has 0 atom stereocenters. The van der Waals surface area contributed by atoms with Crippen molar-refractivity contribution in [2.45, 2.75) is 6.54 Å². The van der Waals surface area contributed by atoms with Crippen molar-refractivity contribution >= 4 is 16.7 Å². The average molecular weight is 239 g/mol. The van der Waals surface area contributed by atoms with E-state index in [0.717, 1.165) is 29.8 Å². The number of anilines is 1. The van der Waals surface area contributed by atoms with Gasteiger partial charge >= 0.3 is 0 Å². The molecule has 1 aromatic carbocycles. The van der Waals surface area contributed by atoms with Crippen molar-refractivity contribution in [2.24, 2.45) is 0 Å². The van der Waals surface area contributed by atoms with Crippen LogP contribution in [0.25, 0.3) is 10.9 Å². The van der Waals surface area contributed by atoms with Crippen molar-refractivity contribution < 1.29 is 0 Å². The molecule has 5 nitrogen and oxygen atoms in total. The summed E-state index contributed by atoms with van der Waals surface area (Å²) in [6.07, 6.45) is 7.11. The predicted molar refractivity (Wildman–Crippen MR) is 70.3 cm³/mol. The van der Waals surface area contributed by atoms with Gasteiger partial charge in [0.05, 0.1) is 11.8 Å². The van der Waals surface area contributed by atoms with Crippen LogP contribution in [0.5, 0.6) is 0 Å². The molecule has 0 saturated carbocycles. The van der Waals surface area contributed by atoms with E-state index < -0.39 is 0 Å². The molecule has 0 spiro atoms. The number of imidazole rings is 1. The Kier molecular flexibility index (Phi) is 2.87. The summed E-state index contributed by atoms with van der Waals surface area (Å²) in [6, 6.07) is 7.98. The SMILES string of the molecule is c1ccc2c(NCCn3ccnc3)ncnc2c1. The topological polar surface area (TPSA) is 55.6 Å². The summed E-state index contributed by atoms with van der Waals surface area (Å²) in [5, 5.41) is 4.37. The number of hydrogen-bond donors (Lipinski definition) is 1. The fraction of sp³-hybridized carbons (Fsp3) is 0.154. The molecule has 0 fully saturated rings. The molecule has 5 heteroatoms. The van der Waals surface area contributed by atoms with Gasteiger partial charge in [0.1, 0.15) is 12.1 Å². The first-order valence-corrected chi connectivity index (χ1v) is 5.83. The molecule has 0 saturated heterocycles. The third-order valence-electron chi connectivity index (χ3n) is 2.76. The van der Waals surface area contributed by atoms with Gasteiger partial charge in [0.25, 0.3) is 0 Å². The largest absolute Gasteiger partial charge is 0.368 e. The van der Waals surface area contributed by atoms with E-state index in [9.17, 15) is 0 Å². The lowest BCUT2D eigenvalue weighted by Gasteiger charge is -2.08. The molecule has 1 N–H and O–H groups in total. The molecule has 3 aromatic rings. The van der Waals surface area contributed by atoms with E-state index in [1.807, 2.05) is 35.0 Å². The summed E-state index contributed by atoms with van der Waals surface area (Å²) in [5.74, 6) is 0.876. The summed E-state index contributed by atoms with van der Waals surface area (Å²) in [4.78, 5) is 12.5. The molecule has 18 heavy (non-hydrogen) atoms. The van der Waals surface area contributed by atoms with E-state index >= 15 is 0 Å². The summed E-state index contributed by atoms with van der Waals surface area (Å²) >= 11 is 0. The zero-order valence-corrected chi connectivity index (χ0v) is 9.82. The quantitative estimate of drug-likeness (QED) is 0.756. The van der Waals surface area contributed by atoms with Crippen molar-refractivity contribution in [3.05, 3.63) is 49.3 Å². The Balaban J connectivity index is 1.74. The average Bonchev–Trinajstić information content (AvgIpc) is 2.92. The Morgan fingerprint density at radius 2 is 2.11 bits per heavy atom. The van der Waals surface area contributed by atoms with Gasteiger partial charge in [-0.2, -0.15) is 0 Å². The second kappa shape index (κ2) is 4.83. The molecule has 0 radical (unpaired) electrons. The van der Waals surface area contributed by atoms with Crippen LogP contribution in [0.2, 0.25) is 0 Å². The van der Waals surface area contributed by atoms with Crippen LogP contribution >= 0.6 is 0 Å². The minimum atomic E-state index is 0.803. The van der Waals surface area contributed by atoms with Crippen LogP contribution < -0.4 is 5.32 Å². The maximum absolute atomic E-state index is 4.28. The van der Waals surface area contributed by atoms with E-state index in [1.54, 1.807) is 18.9 Å². The minimum Gasteiger partial charge on any atom is -0.368 e. The van der Waals surface area contributed by atoms with E-state index in [-0.39, 0.29) is 0 Å². The molecule has 0 aliphatic rings. The second-order valence-electron chi connectivity index (χ2n) is 3.97. The fourth-order valence-electron chi connectivity index (χ4n) is 1.87. The maximum Gasteiger partial charge on any atom is 0.137 e. The maximum atomic E-state index is 4.28. The standard InChI is InChI=1S/C13H13N5/c1-2-4-12-11(3-1)13(17-9-16-12)15-6-8-18-7-5-14-10-18/h1-5,7,9-10H,6,8H2,(H,15,16,17). The van der Waals surface area contributed by atoms with Gasteiger partial charge in [-0.3, -0.25) is 0 Å². The van der Waals surface area contributed by atoms with Crippen LogP contribution in [0, 0.1) is 0 Å². The lowest BCUT2D eigenvalue weighted by molar-refractivity contribution is 0.725. The molecule has 0 unspecified atom stereocenters. The molecule has 0 aliphatic carbocycles. The summed E-state index contributed by atoms with van der Waals surface area (Å²) in [6.45, 7) is 1.66. The molecular weight excluding hydrogens is 226 g/mol. The first kappa shape index (κ1) is 10.7. The third kappa shape index (κ3) is 2.15. The molecular formula is C13H13N5. The number of hydrogen-bond acceptors (Lipinski definition) is 4. The first-order chi connectivity index (χ1) is 8.93. The van der Waals surface area contributed by atoms with Gasteiger partial charge in [-0.05, 0) is 12.1 Å². The van der Waals surface area contributed by atoms with E-state index in [1.165, 1.54) is 0 Å². The van der Waals surface area contributed by atoms with Gasteiger partial charge in [0.2, 0.25) is 0 Å². The highest BCUT2D eigenvalue weighted by atomic mass is 15.1. The Bertz CT molecular complexity index is 627. The first-order valence-electron chi connectivity index (χ1n) is 5.83. The Morgan fingerprint density at radius 3 is 3.00 bits per heavy atom. The highest BCUT2D eigenvalue weighted by Gasteiger charge is 2.01. The van der Waals surface area contributed by atoms with Crippen LogP contribution in [0.3, 0.4) is 0 Å². The lowest BCUT2D eigenvalue weighted by Crippen LogP contribution is -2.10. The zero-order chi connectivity index (χ0) is 12.2. The van der Waals surface area contributed by atoms with E-state index in [2.05, 4.69) is 20.3 Å². The van der Waals surface area contributed by atoms with Crippen LogP contribution in [-0.4, -0.2) is 26.1 Å². The van der Waals surface area contributed by atoms with E-state index in [0.29, 0.717) is 0 Å². The van der Waals surface area contributed by atoms with Gasteiger partial charge in [0.15, 0.2) is 0 Å². The fourth-order valence-corrected chi connectivity index (χ4v) is 1.87. The number of aromatic nitrogens is 4. The van der Waals surface area contributed by atoms with Crippen LogP contribution in [0.4, 0.5) is 5.82 Å². The van der Waals surface area contributed by atoms with Crippen LogP contribution in [0.1, 0.15) is 0 Å². The zero-order valence-electron chi connectivity index (χ0n) is 9.82. The number of nitrogens with one attached hydrogen (secondary N) is 1. The molecule has 0 amide bonds. The van der Waals surface area contributed by atoms with Crippen molar-refractivity contribution in [1.29, 1.82) is 0 Å². The highest BCUT2D eigenvalue weighted by Crippen LogP contribution is 2.17. The summed E-state index contributed by atoms with van der Waals surface area (Å²) in [7, 11) is 0. The number of fused-ring (bicyclic) bond motifs is 1. The smallest absolute Gasteiger partial charge is 0.137 e. The summed E-state index contributed by atoms with van der Waals surface area (Å²) in [5.41, 5.74) is 0.956. The van der Waals surface area contributed by atoms with Gasteiger partial charge < -0.3 is 9.88 Å². The van der Waals surface area contributed by atoms with E-state index in [4.69, 9.17) is 0 Å². The lowest BCUT2D eigenvalue weighted by atomic mass is 10.2. The van der Waals surface area contributed by atoms with Gasteiger partial charge in [0, 0.05) is 30.9 Å². The molecule has 2 aromatic heterocycles. The van der Waals surface area contributed by atoms with Gasteiger partial charge in [-0.25, -0.2) is 15.0 Å². The van der Waals surface area contributed by atoms with Crippen molar-refractivity contribution in [1.82, 2.24) is 19.5 Å². The Hall–Kier alpha value is -2.43. The molecule has 2 heterocycles. The number of nitrogens with zero attached hydrogens (tertiary/aromatic N) is 4. The minimum absolute atomic E-state index is 0.803. The normalized spacial score (nSPS) is 10.7. The van der Waals surface area contributed by atoms with Gasteiger partial charge in [-0.1, -0.05) is 12.1 Å². The molecule has 0 bridgehead atoms. The number of benzene rings is 1. The summed E-state index contributed by atoms with van der Waals surface area (Å²) < 4.78 is 2.02. The van der Waals surface area contributed by atoms with Gasteiger partial charge in [-0.15, -0.1) is 0 Å². The molecule has 90 valence electrons. The van der Waals surface area contributed by atoms with Crippen molar-refractivity contribution in [2.75, 3.05) is 11.9 Å². The predicted octanol–water partition coefficient (Wildman–Crippen LogP) is 1.94. The second-order valence-corrected chi connectivity index (χ2v) is 3.97. The Morgan fingerprint density at radius 1 is 1.17 bits per heavy atom. The molecule has 0 aliphatic heterocycles. The monoisotopic (exact) mass is 239 g/mol. The number of para-hydroxylation sites is 1. The highest BCUT2D eigenvalue weighted by molar-refractivity contribution is 5.88. The van der Waals surface area contributed by atoms with Crippen LogP contribution in [0.15, 0.2) is 49.3 Å². The van der Waals surface area contributed by atoms with Crippen LogP contribution in [-0.2, 0) is 6.54 Å².